The lowest BCUT2D eigenvalue weighted by atomic mass is 9.98. The van der Waals surface area contributed by atoms with Crippen molar-refractivity contribution in [3.8, 4) is 28.0 Å². The Morgan fingerprint density at radius 1 is 0.770 bits per heavy atom. The van der Waals surface area contributed by atoms with Gasteiger partial charge in [0.15, 0.2) is 0 Å². The Morgan fingerprint density at radius 3 is 1.70 bits per heavy atom. The number of ether oxygens (including phenoxy) is 3. The highest BCUT2D eigenvalue weighted by atomic mass is 19.4. The molecule has 2 fully saturated rings. The molecule has 7 rings (SSSR count). The minimum Gasteiger partial charge on any atom is -0.453 e. The molecule has 4 amide bonds. The molecule has 2 aliphatic rings. The highest BCUT2D eigenvalue weighted by Gasteiger charge is 2.39. The zero-order chi connectivity index (χ0) is 66.4. The van der Waals surface area contributed by atoms with E-state index in [1.54, 1.807) is 0 Å². The van der Waals surface area contributed by atoms with Crippen LogP contribution in [0.1, 0.15) is 112 Å². The Kier molecular flexibility index (Phi) is 5.96. The Hall–Kier alpha value is -6.33. The smallest absolute Gasteiger partial charge is 0.453 e. The van der Waals surface area contributed by atoms with Crippen molar-refractivity contribution in [1.29, 1.82) is 0 Å². The van der Waals surface area contributed by atoms with Gasteiger partial charge in [-0.1, -0.05) is 51.7 Å². The number of H-pyrrole nitrogens is 2. The average Bonchev–Trinajstić information content (AvgIpc) is 1.65. The molecule has 0 aliphatic carbocycles. The lowest BCUT2D eigenvalue weighted by Crippen LogP contribution is -2.51. The average molecular weight is 873 g/mol. The molecule has 61 heavy (non-hydrogen) atoms. The highest BCUT2D eigenvalue weighted by Crippen LogP contribution is 2.40. The van der Waals surface area contributed by atoms with Crippen molar-refractivity contribution in [1.82, 2.24) is 40.4 Å². The summed E-state index contributed by atoms with van der Waals surface area (Å²) >= 11 is 0. The number of carbonyl (C=O) groups is 4. The van der Waals surface area contributed by atoms with Crippen molar-refractivity contribution in [3.05, 3.63) is 66.2 Å². The number of fused-ring (bicyclic) bond motifs is 2. The van der Waals surface area contributed by atoms with E-state index >= 15 is 0 Å². The number of alkyl halides is 3. The quantitative estimate of drug-likeness (QED) is 0.103. The molecule has 15 nitrogen and oxygen atoms in total. The maximum atomic E-state index is 14.7. The Balaban J connectivity index is 1.33. The maximum absolute atomic E-state index is 14.7. The number of nitrogens with one attached hydrogen (secondary N) is 4. The summed E-state index contributed by atoms with van der Waals surface area (Å²) in [5, 5.41) is 2.81. The summed E-state index contributed by atoms with van der Waals surface area (Å²) in [6.07, 6.45) is -21.1. The minimum atomic E-state index is -5.43. The van der Waals surface area contributed by atoms with Crippen molar-refractivity contribution in [3.63, 3.8) is 0 Å². The Morgan fingerprint density at radius 2 is 1.23 bits per heavy atom. The molecule has 4 N–H and O–H groups in total. The summed E-state index contributed by atoms with van der Waals surface area (Å²) in [7, 11) is 1.29. The third-order valence-corrected chi connectivity index (χ3v) is 8.82. The van der Waals surface area contributed by atoms with E-state index in [9.17, 15) is 35.1 Å². The van der Waals surface area contributed by atoms with Crippen LogP contribution in [0, 0.1) is 11.8 Å². The standard InChI is InChI=1S/C43H49F3N8O7/c1-22(2)35(51-41(57)59-5)39(55)53-17-7-9-32(53)37-47-28-15-12-24(19-30(28)49-37)25-11-14-27(34(21-25)61-43(44,45)46)26-13-16-29-31(20-26)50-38(48-29)33-10-8-18-54(33)40(56)36(23(3)4)52-42(58)60-6/h11-16,19-23,32-33,35-36H,7-10,17-18H2,1-6H3,(H,47,49)(H,48,50)(H,51,57)(H,52,58)/t32-,33-,35+,36+/m1/s1/i1D3,2D3,3D3,4D3,7D,8D,9D2,10D2,17D,18D,22D,23D,32D,33D,35D,36D/t7?,8?,17?,18?,32-,33-,35+,36+. The van der Waals surface area contributed by atoms with Gasteiger partial charge in [-0.05, 0) is 84.3 Å². The molecular weight excluding hydrogens is 798 g/mol. The molecule has 2 aliphatic heterocycles. The van der Waals surface area contributed by atoms with E-state index < -0.39 is 150 Å². The number of methoxy groups -OCH3 is 2. The summed E-state index contributed by atoms with van der Waals surface area (Å²) in [5.74, 6) is -16.4. The molecule has 2 saturated heterocycles. The van der Waals surface area contributed by atoms with Crippen LogP contribution < -0.4 is 15.4 Å². The van der Waals surface area contributed by atoms with Crippen molar-refractivity contribution >= 4 is 46.1 Å². The summed E-state index contributed by atoms with van der Waals surface area (Å²) in [5.41, 5.74) is -1.60. The van der Waals surface area contributed by atoms with Gasteiger partial charge < -0.3 is 44.6 Å². The van der Waals surface area contributed by atoms with Crippen LogP contribution in [-0.4, -0.2) is 99.4 Å². The topological polar surface area (TPSA) is 184 Å². The third-order valence-electron chi connectivity index (χ3n) is 8.82. The van der Waals surface area contributed by atoms with Crippen LogP contribution in [0.3, 0.4) is 0 Å². The van der Waals surface area contributed by atoms with Crippen LogP contribution in [0.2, 0.25) is 0 Å². The summed E-state index contributed by atoms with van der Waals surface area (Å²) in [4.78, 5) is 67.5. The van der Waals surface area contributed by atoms with Crippen molar-refractivity contribution < 1.29 is 82.2 Å². The summed E-state index contributed by atoms with van der Waals surface area (Å²) < 4.78 is 276. The van der Waals surface area contributed by atoms with Crippen LogP contribution in [0.15, 0.2) is 54.6 Å². The van der Waals surface area contributed by atoms with Gasteiger partial charge >= 0.3 is 18.5 Å². The van der Waals surface area contributed by atoms with Crippen molar-refractivity contribution in [2.75, 3.05) is 27.3 Å². The fourth-order valence-electron chi connectivity index (χ4n) is 6.11. The molecule has 8 atom stereocenters. The number of hydrogen-bond donors (Lipinski definition) is 4. The minimum absolute atomic E-state index is 0.00480. The van der Waals surface area contributed by atoms with Gasteiger partial charge in [0.25, 0.3) is 0 Å². The molecule has 0 bridgehead atoms. The Bertz CT molecular complexity index is 3540. The SMILES string of the molecule is [2H]C1C([2H])C([2H])([2H])[C@]([2H])(c2nc3ccc(-c4ccc(-c5ccc6nc([C@]7([2H])N(C(=O)[C@@]([2H])(NC(=O)OC)C([2H])(C([2H])([2H])[2H])C([2H])([2H])[2H])C([2H])C([2H])C7([2H])[2H])[nH]c6c5)c(OC(F)(F)F)c4)cc3[nH]2)N1C(=O)[C@@]([2H])(NC(=O)OC)C([2H])(C([2H])([2H])[2H])C([2H])([2H])[2H]. The predicted octanol–water partition coefficient (Wildman–Crippen LogP) is 7.76. The van der Waals surface area contributed by atoms with Gasteiger partial charge in [0.05, 0.1) is 53.8 Å². The van der Waals surface area contributed by atoms with Crippen molar-refractivity contribution in [2.45, 2.75) is 83.4 Å². The monoisotopic (exact) mass is 873 g/mol. The van der Waals surface area contributed by atoms with Gasteiger partial charge in [0.2, 0.25) is 11.8 Å². The number of imidazole rings is 2. The summed E-state index contributed by atoms with van der Waals surface area (Å²) in [6.45, 7) is -22.0. The molecule has 3 aromatic carbocycles. The first kappa shape index (κ1) is 21.0. The van der Waals surface area contributed by atoms with Crippen LogP contribution in [-0.2, 0) is 19.1 Å². The number of alkyl carbamates (subject to hydrolysis) is 2. The lowest BCUT2D eigenvalue weighted by Gasteiger charge is -2.29. The van der Waals surface area contributed by atoms with Crippen LogP contribution >= 0.6 is 0 Å². The predicted molar refractivity (Wildman–Crippen MR) is 219 cm³/mol. The first-order chi connectivity index (χ1) is 39.3. The maximum Gasteiger partial charge on any atom is 0.573 e. The van der Waals surface area contributed by atoms with Gasteiger partial charge in [-0.15, -0.1) is 13.2 Å². The number of amides is 4. The third kappa shape index (κ3) is 9.07. The Labute approximate surface area is 386 Å². The normalized spacial score (nSPS) is 35.2. The largest absolute Gasteiger partial charge is 0.573 e. The van der Waals surface area contributed by atoms with Crippen molar-refractivity contribution in [2.24, 2.45) is 11.8 Å². The number of carbonyl (C=O) groups excluding carboxylic acids is 4. The zero-order valence-electron chi connectivity index (χ0n) is 57.3. The molecule has 324 valence electrons. The number of halogens is 3. The second-order valence-electron chi connectivity index (χ2n) is 12.6. The molecule has 18 heteroatoms. The highest BCUT2D eigenvalue weighted by molar-refractivity contribution is 5.89. The molecule has 4 heterocycles. The van der Waals surface area contributed by atoms with E-state index in [2.05, 4.69) is 34.1 Å². The fraction of sp³-hybridized carbons (Fsp3) is 0.442. The number of nitrogens with zero attached hydrogens (tertiary/aromatic N) is 4. The van der Waals surface area contributed by atoms with E-state index in [1.807, 2.05) is 0 Å². The number of likely N-dealkylation sites (tertiary alicyclic amines) is 2. The van der Waals surface area contributed by atoms with E-state index in [0.29, 0.717) is 14.2 Å². The number of hydrogen-bond acceptors (Lipinski definition) is 9. The number of benzene rings is 3. The second kappa shape index (κ2) is 17.3. The van der Waals surface area contributed by atoms with E-state index in [-0.39, 0.29) is 54.1 Å². The van der Waals surface area contributed by atoms with Gasteiger partial charge in [0, 0.05) is 48.8 Å². The molecule has 0 spiro atoms. The van der Waals surface area contributed by atoms with E-state index in [4.69, 9.17) is 32.9 Å². The molecule has 4 unspecified atom stereocenters. The molecule has 5 aromatic rings. The number of rotatable bonds is 11. The van der Waals surface area contributed by atoms with Crippen LogP contribution in [0.25, 0.3) is 44.3 Å². The van der Waals surface area contributed by atoms with Gasteiger partial charge in [-0.25, -0.2) is 19.6 Å². The van der Waals surface area contributed by atoms with E-state index in [0.717, 1.165) is 36.4 Å². The molecule has 0 radical (unpaired) electrons. The lowest BCUT2D eigenvalue weighted by molar-refractivity contribution is -0.274. The summed E-state index contributed by atoms with van der Waals surface area (Å²) in [6, 6.07) is -5.64. The molecule has 0 saturated carbocycles. The first-order valence-electron chi connectivity index (χ1n) is 30.6. The molecular formula is C43H49F3N8O7. The van der Waals surface area contributed by atoms with Gasteiger partial charge in [-0.3, -0.25) is 9.59 Å². The second-order valence-corrected chi connectivity index (χ2v) is 12.6. The zero-order valence-corrected chi connectivity index (χ0v) is 31.3. The molecule has 2 aromatic heterocycles. The van der Waals surface area contributed by atoms with Crippen LogP contribution in [0.5, 0.6) is 5.75 Å². The number of aromatic amines is 2. The first-order valence-corrected chi connectivity index (χ1v) is 17.3. The number of aromatic nitrogens is 4. The van der Waals surface area contributed by atoms with Gasteiger partial charge in [-0.2, -0.15) is 0 Å². The fourth-order valence-corrected chi connectivity index (χ4v) is 6.11. The van der Waals surface area contributed by atoms with Crippen LogP contribution in [0.4, 0.5) is 22.8 Å². The van der Waals surface area contributed by atoms with E-state index in [1.165, 1.54) is 28.8 Å². The van der Waals surface area contributed by atoms with Gasteiger partial charge in [0.1, 0.15) is 29.4 Å².